The van der Waals surface area contributed by atoms with Crippen molar-refractivity contribution in [1.82, 2.24) is 4.90 Å². The standard InChI is InChI=1S/C25H21FN2O4S/c1-15(2)16-5-9-19(10-6-16)27-23(29)14-28-24(30)22(33-25(28)31)13-20-11-12-21(32-20)17-3-7-18(26)8-4-17/h3-13,15H,14H2,1-2H3,(H,27,29)/b22-13-. The number of furan rings is 1. The molecule has 0 bridgehead atoms. The van der Waals surface area contributed by atoms with Crippen LogP contribution in [-0.2, 0) is 9.59 Å². The first kappa shape index (κ1) is 22.5. The zero-order valence-electron chi connectivity index (χ0n) is 18.0. The number of hydrogen-bond donors (Lipinski definition) is 1. The van der Waals surface area contributed by atoms with Crippen LogP contribution in [-0.4, -0.2) is 28.5 Å². The Kier molecular flexibility index (Phi) is 6.46. The zero-order valence-corrected chi connectivity index (χ0v) is 18.8. The number of nitrogens with zero attached hydrogens (tertiary/aromatic N) is 1. The SMILES string of the molecule is CC(C)c1ccc(NC(=O)CN2C(=O)S/C(=C\c3ccc(-c4ccc(F)cc4)o3)C2=O)cc1. The van der Waals surface area contributed by atoms with Gasteiger partial charge in [0.25, 0.3) is 11.1 Å². The van der Waals surface area contributed by atoms with E-state index in [9.17, 15) is 18.8 Å². The molecule has 1 N–H and O–H groups in total. The summed E-state index contributed by atoms with van der Waals surface area (Å²) in [6, 6.07) is 16.6. The topological polar surface area (TPSA) is 79.6 Å². The lowest BCUT2D eigenvalue weighted by molar-refractivity contribution is -0.127. The molecule has 2 aromatic carbocycles. The summed E-state index contributed by atoms with van der Waals surface area (Å²) < 4.78 is 18.8. The summed E-state index contributed by atoms with van der Waals surface area (Å²) in [7, 11) is 0. The van der Waals surface area contributed by atoms with Crippen LogP contribution in [0.2, 0.25) is 0 Å². The second-order valence-electron chi connectivity index (χ2n) is 7.80. The van der Waals surface area contributed by atoms with Gasteiger partial charge in [0.15, 0.2) is 0 Å². The fourth-order valence-corrected chi connectivity index (χ4v) is 4.08. The molecule has 1 aromatic heterocycles. The Balaban J connectivity index is 1.41. The van der Waals surface area contributed by atoms with Gasteiger partial charge in [-0.3, -0.25) is 19.3 Å². The van der Waals surface area contributed by atoms with Gasteiger partial charge in [-0.25, -0.2) is 4.39 Å². The number of thioether (sulfide) groups is 1. The van der Waals surface area contributed by atoms with Gasteiger partial charge in [0.2, 0.25) is 5.91 Å². The number of rotatable bonds is 6. The molecule has 1 saturated heterocycles. The maximum atomic E-state index is 13.1. The fourth-order valence-electron chi connectivity index (χ4n) is 3.26. The molecule has 0 atom stereocenters. The van der Waals surface area contributed by atoms with Crippen molar-refractivity contribution in [1.29, 1.82) is 0 Å². The minimum Gasteiger partial charge on any atom is -0.457 e. The monoisotopic (exact) mass is 464 g/mol. The predicted octanol–water partition coefficient (Wildman–Crippen LogP) is 5.88. The first-order valence-electron chi connectivity index (χ1n) is 10.3. The van der Waals surface area contributed by atoms with Crippen LogP contribution in [0, 0.1) is 5.82 Å². The first-order valence-corrected chi connectivity index (χ1v) is 11.1. The van der Waals surface area contributed by atoms with Crippen molar-refractivity contribution >= 4 is 40.6 Å². The van der Waals surface area contributed by atoms with Gasteiger partial charge in [-0.05, 0) is 71.8 Å². The number of carbonyl (C=O) groups excluding carboxylic acids is 3. The molecular formula is C25H21FN2O4S. The van der Waals surface area contributed by atoms with Crippen molar-refractivity contribution < 1.29 is 23.2 Å². The lowest BCUT2D eigenvalue weighted by atomic mass is 10.0. The average Bonchev–Trinajstić information content (AvgIpc) is 3.35. The summed E-state index contributed by atoms with van der Waals surface area (Å²) in [5.74, 6) is -0.131. The molecule has 3 aromatic rings. The Morgan fingerprint density at radius 2 is 1.76 bits per heavy atom. The number of anilines is 1. The Morgan fingerprint density at radius 3 is 2.42 bits per heavy atom. The van der Waals surface area contributed by atoms with Crippen LogP contribution in [0.1, 0.15) is 31.1 Å². The normalized spacial score (nSPS) is 15.0. The van der Waals surface area contributed by atoms with Gasteiger partial charge in [0, 0.05) is 17.3 Å². The van der Waals surface area contributed by atoms with Crippen LogP contribution >= 0.6 is 11.8 Å². The average molecular weight is 465 g/mol. The molecule has 8 heteroatoms. The Hall–Kier alpha value is -3.65. The lowest BCUT2D eigenvalue weighted by Gasteiger charge is -2.13. The molecule has 0 radical (unpaired) electrons. The number of halogens is 1. The molecule has 0 saturated carbocycles. The van der Waals surface area contributed by atoms with Gasteiger partial charge >= 0.3 is 0 Å². The minimum absolute atomic E-state index is 0.161. The summed E-state index contributed by atoms with van der Waals surface area (Å²) in [6.45, 7) is 3.77. The van der Waals surface area contributed by atoms with E-state index >= 15 is 0 Å². The van der Waals surface area contributed by atoms with Crippen molar-refractivity contribution in [2.24, 2.45) is 0 Å². The molecule has 1 aliphatic heterocycles. The number of carbonyl (C=O) groups is 3. The van der Waals surface area contributed by atoms with Crippen molar-refractivity contribution in [3.05, 3.63) is 82.7 Å². The Bertz CT molecular complexity index is 1230. The fraction of sp³-hybridized carbons (Fsp3) is 0.160. The molecule has 4 rings (SSSR count). The van der Waals surface area contributed by atoms with Crippen molar-refractivity contribution in [2.75, 3.05) is 11.9 Å². The molecule has 0 unspecified atom stereocenters. The van der Waals surface area contributed by atoms with E-state index in [1.165, 1.54) is 18.2 Å². The van der Waals surface area contributed by atoms with E-state index in [4.69, 9.17) is 4.42 Å². The lowest BCUT2D eigenvalue weighted by Crippen LogP contribution is -2.36. The van der Waals surface area contributed by atoms with Crippen molar-refractivity contribution in [3.63, 3.8) is 0 Å². The summed E-state index contributed by atoms with van der Waals surface area (Å²) in [5, 5.41) is 2.18. The second-order valence-corrected chi connectivity index (χ2v) is 8.79. The molecule has 2 heterocycles. The molecule has 33 heavy (non-hydrogen) atoms. The number of hydrogen-bond acceptors (Lipinski definition) is 5. The highest BCUT2D eigenvalue weighted by molar-refractivity contribution is 8.18. The maximum absolute atomic E-state index is 13.1. The van der Waals surface area contributed by atoms with Gasteiger partial charge in [-0.15, -0.1) is 0 Å². The highest BCUT2D eigenvalue weighted by Gasteiger charge is 2.36. The third kappa shape index (κ3) is 5.23. The smallest absolute Gasteiger partial charge is 0.294 e. The quantitative estimate of drug-likeness (QED) is 0.461. The Labute approximate surface area is 194 Å². The van der Waals surface area contributed by atoms with E-state index in [0.29, 0.717) is 28.7 Å². The minimum atomic E-state index is -0.560. The molecular weight excluding hydrogens is 443 g/mol. The van der Waals surface area contributed by atoms with Gasteiger partial charge in [0.05, 0.1) is 4.91 Å². The van der Waals surface area contributed by atoms with Gasteiger partial charge in [-0.2, -0.15) is 0 Å². The molecule has 1 aliphatic rings. The number of imide groups is 1. The van der Waals surface area contributed by atoms with Gasteiger partial charge in [0.1, 0.15) is 23.9 Å². The van der Waals surface area contributed by atoms with Crippen LogP contribution in [0.25, 0.3) is 17.4 Å². The van der Waals surface area contributed by atoms with Gasteiger partial charge in [-0.1, -0.05) is 26.0 Å². The molecule has 1 fully saturated rings. The van der Waals surface area contributed by atoms with Crippen LogP contribution < -0.4 is 5.32 Å². The third-order valence-corrected chi connectivity index (χ3v) is 5.97. The van der Waals surface area contributed by atoms with Crippen molar-refractivity contribution in [2.45, 2.75) is 19.8 Å². The van der Waals surface area contributed by atoms with Crippen LogP contribution in [0.5, 0.6) is 0 Å². The maximum Gasteiger partial charge on any atom is 0.294 e. The summed E-state index contributed by atoms with van der Waals surface area (Å²) in [4.78, 5) is 38.5. The van der Waals surface area contributed by atoms with E-state index in [-0.39, 0.29) is 17.3 Å². The summed E-state index contributed by atoms with van der Waals surface area (Å²) in [5.41, 5.74) is 2.42. The summed E-state index contributed by atoms with van der Waals surface area (Å²) >= 11 is 0.746. The molecule has 3 amide bonds. The second kappa shape index (κ2) is 9.46. The van der Waals surface area contributed by atoms with Gasteiger partial charge < -0.3 is 9.73 Å². The molecule has 168 valence electrons. The Morgan fingerprint density at radius 1 is 1.06 bits per heavy atom. The van der Waals surface area contributed by atoms with E-state index in [1.807, 2.05) is 12.1 Å². The van der Waals surface area contributed by atoms with Crippen LogP contribution in [0.4, 0.5) is 14.9 Å². The summed E-state index contributed by atoms with van der Waals surface area (Å²) in [6.07, 6.45) is 1.46. The highest BCUT2D eigenvalue weighted by atomic mass is 32.2. The van der Waals surface area contributed by atoms with E-state index in [0.717, 1.165) is 22.2 Å². The molecule has 0 aliphatic carbocycles. The highest BCUT2D eigenvalue weighted by Crippen LogP contribution is 2.33. The number of amides is 3. The van der Waals surface area contributed by atoms with Crippen LogP contribution in [0.15, 0.2) is 70.0 Å². The predicted molar refractivity (Wildman–Crippen MR) is 126 cm³/mol. The molecule has 6 nitrogen and oxygen atoms in total. The zero-order chi connectivity index (χ0) is 23.5. The third-order valence-electron chi connectivity index (χ3n) is 5.07. The first-order chi connectivity index (χ1) is 15.8. The number of nitrogens with one attached hydrogen (secondary N) is 1. The largest absolute Gasteiger partial charge is 0.457 e. The number of benzene rings is 2. The van der Waals surface area contributed by atoms with E-state index in [1.54, 1.807) is 36.4 Å². The van der Waals surface area contributed by atoms with E-state index < -0.39 is 17.1 Å². The van der Waals surface area contributed by atoms with Crippen LogP contribution in [0.3, 0.4) is 0 Å². The van der Waals surface area contributed by atoms with Crippen molar-refractivity contribution in [3.8, 4) is 11.3 Å². The van der Waals surface area contributed by atoms with E-state index in [2.05, 4.69) is 19.2 Å². The molecule has 0 spiro atoms.